The zero-order valence-electron chi connectivity index (χ0n) is 21.2. The van der Waals surface area contributed by atoms with Crippen LogP contribution in [-0.2, 0) is 4.79 Å². The summed E-state index contributed by atoms with van der Waals surface area (Å²) < 4.78 is 5.37. The molecule has 37 heavy (non-hydrogen) atoms. The zero-order valence-corrected chi connectivity index (χ0v) is 21.2. The van der Waals surface area contributed by atoms with E-state index in [1.54, 1.807) is 23.1 Å². The van der Waals surface area contributed by atoms with Gasteiger partial charge in [-0.25, -0.2) is 9.59 Å². The Morgan fingerprint density at radius 1 is 0.946 bits per heavy atom. The predicted octanol–water partition coefficient (Wildman–Crippen LogP) is 5.82. The fourth-order valence-corrected chi connectivity index (χ4v) is 4.45. The number of nitrogens with zero attached hydrogens (tertiary/aromatic N) is 1. The second-order valence-electron chi connectivity index (χ2n) is 9.35. The lowest BCUT2D eigenvalue weighted by atomic mass is 10.0. The summed E-state index contributed by atoms with van der Waals surface area (Å²) in [5.41, 5.74) is 4.19. The van der Waals surface area contributed by atoms with Crippen LogP contribution in [0.3, 0.4) is 0 Å². The molecule has 0 aromatic heterocycles. The maximum atomic E-state index is 13.0. The molecule has 0 radical (unpaired) electrons. The van der Waals surface area contributed by atoms with Crippen molar-refractivity contribution in [3.05, 3.63) is 77.9 Å². The molecule has 1 heterocycles. The molecular weight excluding hydrogens is 470 g/mol. The predicted molar refractivity (Wildman–Crippen MR) is 143 cm³/mol. The van der Waals surface area contributed by atoms with Crippen LogP contribution in [0.5, 0.6) is 5.75 Å². The molecule has 0 saturated carbocycles. The lowest BCUT2D eigenvalue weighted by Gasteiger charge is -2.24. The molecule has 1 atom stereocenters. The average molecular weight is 502 g/mol. The number of nitrogens with one attached hydrogen (secondary N) is 2. The molecule has 0 bridgehead atoms. The van der Waals surface area contributed by atoms with Crippen molar-refractivity contribution in [3.63, 3.8) is 0 Å². The molecule has 1 aliphatic heterocycles. The minimum Gasteiger partial charge on any atom is -0.496 e. The first kappa shape index (κ1) is 25.8. The van der Waals surface area contributed by atoms with E-state index in [1.807, 2.05) is 36.4 Å². The van der Waals surface area contributed by atoms with Crippen LogP contribution < -0.4 is 15.4 Å². The van der Waals surface area contributed by atoms with Crippen LogP contribution in [0.2, 0.25) is 0 Å². The van der Waals surface area contributed by atoms with Crippen molar-refractivity contribution in [3.8, 4) is 16.9 Å². The highest BCUT2D eigenvalue weighted by Crippen LogP contribution is 2.32. The number of anilines is 2. The van der Waals surface area contributed by atoms with E-state index in [1.165, 1.54) is 24.8 Å². The molecule has 0 aliphatic carbocycles. The number of urea groups is 1. The van der Waals surface area contributed by atoms with Crippen molar-refractivity contribution in [2.75, 3.05) is 24.3 Å². The van der Waals surface area contributed by atoms with Crippen LogP contribution in [0.25, 0.3) is 11.1 Å². The SMILES string of the molecule is COc1cc(C(=O)O)ccc1-c1ccc(NC(=O)[C@H]2CCCN2C(=O)Nc2ccc(C(C)C)cc2)cc1. The Labute approximate surface area is 216 Å². The molecule has 8 nitrogen and oxygen atoms in total. The lowest BCUT2D eigenvalue weighted by Crippen LogP contribution is -2.45. The van der Waals surface area contributed by atoms with Crippen LogP contribution in [0.15, 0.2) is 66.7 Å². The first-order valence-corrected chi connectivity index (χ1v) is 12.3. The lowest BCUT2D eigenvalue weighted by molar-refractivity contribution is -0.119. The number of carbonyl (C=O) groups is 3. The van der Waals surface area contributed by atoms with E-state index in [9.17, 15) is 19.5 Å². The Kier molecular flexibility index (Phi) is 7.77. The molecule has 3 amide bonds. The van der Waals surface area contributed by atoms with E-state index in [0.29, 0.717) is 36.0 Å². The highest BCUT2D eigenvalue weighted by Gasteiger charge is 2.34. The maximum Gasteiger partial charge on any atom is 0.335 e. The van der Waals surface area contributed by atoms with Gasteiger partial charge in [0.05, 0.1) is 12.7 Å². The molecule has 8 heteroatoms. The summed E-state index contributed by atoms with van der Waals surface area (Å²) in [5, 5.41) is 15.0. The van der Waals surface area contributed by atoms with Gasteiger partial charge >= 0.3 is 12.0 Å². The van der Waals surface area contributed by atoms with Crippen molar-refractivity contribution >= 4 is 29.3 Å². The van der Waals surface area contributed by atoms with Gasteiger partial charge in [0, 0.05) is 23.5 Å². The molecule has 1 fully saturated rings. The van der Waals surface area contributed by atoms with E-state index in [-0.39, 0.29) is 17.5 Å². The fourth-order valence-electron chi connectivity index (χ4n) is 4.45. The summed E-state index contributed by atoms with van der Waals surface area (Å²) in [6.45, 7) is 4.74. The van der Waals surface area contributed by atoms with E-state index < -0.39 is 12.0 Å². The molecule has 0 spiro atoms. The van der Waals surface area contributed by atoms with Crippen LogP contribution in [0.1, 0.15) is 48.5 Å². The minimum atomic E-state index is -1.03. The molecule has 0 unspecified atom stereocenters. The van der Waals surface area contributed by atoms with E-state index >= 15 is 0 Å². The standard InChI is InChI=1S/C29H31N3O5/c1-18(2)19-6-11-23(12-7-19)31-29(36)32-16-4-5-25(32)27(33)30-22-13-8-20(9-14-22)24-15-10-21(28(34)35)17-26(24)37-3/h6-15,17-18,25H,4-5,16H2,1-3H3,(H,30,33)(H,31,36)(H,34,35)/t25-/m1/s1. The second-order valence-corrected chi connectivity index (χ2v) is 9.35. The van der Waals surface area contributed by atoms with E-state index in [0.717, 1.165) is 17.5 Å². The average Bonchev–Trinajstić information content (AvgIpc) is 3.39. The van der Waals surface area contributed by atoms with Gasteiger partial charge in [-0.2, -0.15) is 0 Å². The number of hydrogen-bond donors (Lipinski definition) is 3. The minimum absolute atomic E-state index is 0.141. The normalized spacial score (nSPS) is 14.9. The van der Waals surface area contributed by atoms with Crippen molar-refractivity contribution in [1.29, 1.82) is 0 Å². The summed E-state index contributed by atoms with van der Waals surface area (Å²) in [7, 11) is 1.49. The second kappa shape index (κ2) is 11.2. The number of aromatic carboxylic acids is 1. The van der Waals surface area contributed by atoms with Gasteiger partial charge in [-0.15, -0.1) is 0 Å². The first-order chi connectivity index (χ1) is 17.8. The number of methoxy groups -OCH3 is 1. The van der Waals surface area contributed by atoms with Crippen LogP contribution in [0, 0.1) is 0 Å². The van der Waals surface area contributed by atoms with Crippen molar-refractivity contribution in [2.45, 2.75) is 38.6 Å². The molecule has 3 aromatic rings. The summed E-state index contributed by atoms with van der Waals surface area (Å²) in [6.07, 6.45) is 1.35. The van der Waals surface area contributed by atoms with E-state index in [2.05, 4.69) is 24.5 Å². The monoisotopic (exact) mass is 501 g/mol. The maximum absolute atomic E-state index is 13.0. The molecular formula is C29H31N3O5. The number of carbonyl (C=O) groups excluding carboxylic acids is 2. The largest absolute Gasteiger partial charge is 0.496 e. The van der Waals surface area contributed by atoms with Crippen molar-refractivity contribution < 1.29 is 24.2 Å². The Hall–Kier alpha value is -4.33. The van der Waals surface area contributed by atoms with Gasteiger partial charge in [-0.1, -0.05) is 38.1 Å². The number of rotatable bonds is 7. The molecule has 3 N–H and O–H groups in total. The van der Waals surface area contributed by atoms with Gasteiger partial charge in [-0.3, -0.25) is 4.79 Å². The third-order valence-electron chi connectivity index (χ3n) is 6.56. The van der Waals surface area contributed by atoms with Gasteiger partial charge in [0.1, 0.15) is 11.8 Å². The molecule has 4 rings (SSSR count). The van der Waals surface area contributed by atoms with Gasteiger partial charge in [0.15, 0.2) is 0 Å². The van der Waals surface area contributed by atoms with Crippen LogP contribution >= 0.6 is 0 Å². The number of benzene rings is 3. The van der Waals surface area contributed by atoms with Crippen molar-refractivity contribution in [2.24, 2.45) is 0 Å². The van der Waals surface area contributed by atoms with Gasteiger partial charge in [0.2, 0.25) is 5.91 Å². The Morgan fingerprint density at radius 2 is 1.59 bits per heavy atom. The summed E-state index contributed by atoms with van der Waals surface area (Å²) in [4.78, 5) is 38.8. The number of amides is 3. The summed E-state index contributed by atoms with van der Waals surface area (Å²) in [5.74, 6) is -0.409. The van der Waals surface area contributed by atoms with Gasteiger partial charge < -0.3 is 25.4 Å². The third kappa shape index (κ3) is 5.91. The quantitative estimate of drug-likeness (QED) is 0.378. The van der Waals surface area contributed by atoms with Crippen molar-refractivity contribution in [1.82, 2.24) is 4.90 Å². The fraction of sp³-hybridized carbons (Fsp3) is 0.276. The highest BCUT2D eigenvalue weighted by molar-refractivity contribution is 5.99. The van der Waals surface area contributed by atoms with E-state index in [4.69, 9.17) is 4.74 Å². The van der Waals surface area contributed by atoms with Crippen LogP contribution in [0.4, 0.5) is 16.2 Å². The number of likely N-dealkylation sites (tertiary alicyclic amines) is 1. The first-order valence-electron chi connectivity index (χ1n) is 12.3. The zero-order chi connectivity index (χ0) is 26.5. The number of hydrogen-bond acceptors (Lipinski definition) is 4. The topological polar surface area (TPSA) is 108 Å². The number of carboxylic acids is 1. The van der Waals surface area contributed by atoms with Gasteiger partial charge in [0.25, 0.3) is 0 Å². The third-order valence-corrected chi connectivity index (χ3v) is 6.56. The van der Waals surface area contributed by atoms with Gasteiger partial charge in [-0.05, 0) is 72.4 Å². The molecule has 3 aromatic carbocycles. The molecule has 1 aliphatic rings. The Bertz CT molecular complexity index is 1290. The summed E-state index contributed by atoms with van der Waals surface area (Å²) >= 11 is 0. The molecule has 192 valence electrons. The summed E-state index contributed by atoms with van der Waals surface area (Å²) in [6, 6.07) is 18.8. The highest BCUT2D eigenvalue weighted by atomic mass is 16.5. The number of ether oxygens (including phenoxy) is 1. The van der Waals surface area contributed by atoms with Crippen LogP contribution in [-0.4, -0.2) is 47.6 Å². The smallest absolute Gasteiger partial charge is 0.335 e. The Balaban J connectivity index is 1.41. The number of carboxylic acid groups (broad SMARTS) is 1. The molecule has 1 saturated heterocycles. The Morgan fingerprint density at radius 3 is 2.22 bits per heavy atom.